The number of imidazole rings is 1. The molecule has 0 aliphatic rings. The summed E-state index contributed by atoms with van der Waals surface area (Å²) in [5, 5.41) is 12.7. The van der Waals surface area contributed by atoms with Gasteiger partial charge < -0.3 is 15.0 Å². The fourth-order valence-electron chi connectivity index (χ4n) is 2.91. The fourth-order valence-corrected chi connectivity index (χ4v) is 2.91. The summed E-state index contributed by atoms with van der Waals surface area (Å²) in [5.41, 5.74) is 2.76. The average Bonchev–Trinajstić information content (AvgIpc) is 3.15. The lowest BCUT2D eigenvalue weighted by atomic mass is 10.1. The molecule has 0 saturated carbocycles. The highest BCUT2D eigenvalue weighted by atomic mass is 16.3. The van der Waals surface area contributed by atoms with Gasteiger partial charge in [-0.15, -0.1) is 0 Å². The summed E-state index contributed by atoms with van der Waals surface area (Å²) in [6.07, 6.45) is 3.93. The number of carbonyl (C=O) groups excluding carboxylic acids is 1. The van der Waals surface area contributed by atoms with Gasteiger partial charge in [-0.2, -0.15) is 0 Å². The van der Waals surface area contributed by atoms with E-state index in [4.69, 9.17) is 0 Å². The number of nitrogens with zero attached hydrogens (tertiary/aromatic N) is 3. The van der Waals surface area contributed by atoms with Gasteiger partial charge in [-0.1, -0.05) is 25.1 Å². The molecule has 0 spiro atoms. The lowest BCUT2D eigenvalue weighted by Crippen LogP contribution is -2.27. The summed E-state index contributed by atoms with van der Waals surface area (Å²) in [6, 6.07) is 12.9. The molecule has 1 atom stereocenters. The van der Waals surface area contributed by atoms with E-state index in [1.54, 1.807) is 25.3 Å². The van der Waals surface area contributed by atoms with Crippen LogP contribution in [0, 0.1) is 0 Å². The first-order valence-corrected chi connectivity index (χ1v) is 9.12. The zero-order chi connectivity index (χ0) is 19.2. The standard InChI is InChI=1S/C21H24N4O2/c1-3-20-22-10-12-25(20)13-11-23-21(27)17-7-4-6-16(14-17)19-9-5-8-18(24-19)15(2)26/h4-10,12,14-15,26H,3,11,13H2,1-2H3,(H,23,27)/t15-/m1/s1. The summed E-state index contributed by atoms with van der Waals surface area (Å²) in [5.74, 6) is 0.886. The maximum Gasteiger partial charge on any atom is 0.251 e. The Morgan fingerprint density at radius 1 is 1.26 bits per heavy atom. The summed E-state index contributed by atoms with van der Waals surface area (Å²) in [6.45, 7) is 4.96. The van der Waals surface area contributed by atoms with Crippen LogP contribution in [0.1, 0.15) is 41.8 Å². The number of nitrogens with one attached hydrogen (secondary N) is 1. The van der Waals surface area contributed by atoms with Crippen LogP contribution in [0.15, 0.2) is 54.9 Å². The number of carbonyl (C=O) groups is 1. The number of pyridine rings is 1. The first kappa shape index (κ1) is 18.8. The number of aliphatic hydroxyl groups is 1. The van der Waals surface area contributed by atoms with Gasteiger partial charge in [0.15, 0.2) is 0 Å². The van der Waals surface area contributed by atoms with Crippen molar-refractivity contribution in [3.63, 3.8) is 0 Å². The maximum atomic E-state index is 12.5. The predicted octanol–water partition coefficient (Wildman–Crippen LogP) is 2.99. The highest BCUT2D eigenvalue weighted by Crippen LogP contribution is 2.20. The van der Waals surface area contributed by atoms with Gasteiger partial charge in [-0.3, -0.25) is 9.78 Å². The largest absolute Gasteiger partial charge is 0.387 e. The Morgan fingerprint density at radius 3 is 2.85 bits per heavy atom. The van der Waals surface area contributed by atoms with Gasteiger partial charge in [-0.25, -0.2) is 4.98 Å². The highest BCUT2D eigenvalue weighted by molar-refractivity contribution is 5.95. The summed E-state index contributed by atoms with van der Waals surface area (Å²) >= 11 is 0. The molecular weight excluding hydrogens is 340 g/mol. The van der Waals surface area contributed by atoms with Crippen LogP contribution >= 0.6 is 0 Å². The Morgan fingerprint density at radius 2 is 2.07 bits per heavy atom. The zero-order valence-electron chi connectivity index (χ0n) is 15.6. The van der Waals surface area contributed by atoms with Crippen molar-refractivity contribution in [2.45, 2.75) is 32.9 Å². The van der Waals surface area contributed by atoms with E-state index < -0.39 is 6.10 Å². The topological polar surface area (TPSA) is 80.0 Å². The quantitative estimate of drug-likeness (QED) is 0.675. The van der Waals surface area contributed by atoms with Crippen molar-refractivity contribution in [2.75, 3.05) is 6.54 Å². The first-order valence-electron chi connectivity index (χ1n) is 9.12. The lowest BCUT2D eigenvalue weighted by molar-refractivity contribution is 0.0952. The second kappa shape index (κ2) is 8.60. The van der Waals surface area contributed by atoms with Crippen molar-refractivity contribution >= 4 is 5.91 Å². The molecule has 0 radical (unpaired) electrons. The first-order chi connectivity index (χ1) is 13.1. The summed E-state index contributed by atoms with van der Waals surface area (Å²) in [7, 11) is 0. The van der Waals surface area contributed by atoms with Crippen LogP contribution in [-0.4, -0.2) is 32.1 Å². The Hall–Kier alpha value is -2.99. The van der Waals surface area contributed by atoms with Crippen molar-refractivity contribution < 1.29 is 9.90 Å². The second-order valence-corrected chi connectivity index (χ2v) is 6.35. The number of rotatable bonds is 7. The fraction of sp³-hybridized carbons (Fsp3) is 0.286. The number of hydrogen-bond acceptors (Lipinski definition) is 4. The van der Waals surface area contributed by atoms with E-state index in [1.807, 2.05) is 41.1 Å². The molecule has 0 saturated heterocycles. The number of aromatic nitrogens is 3. The molecule has 0 unspecified atom stereocenters. The molecule has 0 bridgehead atoms. The summed E-state index contributed by atoms with van der Waals surface area (Å²) < 4.78 is 2.04. The molecule has 6 heteroatoms. The van der Waals surface area contributed by atoms with Crippen molar-refractivity contribution in [1.82, 2.24) is 19.9 Å². The van der Waals surface area contributed by atoms with E-state index in [9.17, 15) is 9.90 Å². The minimum Gasteiger partial charge on any atom is -0.387 e. The monoisotopic (exact) mass is 364 g/mol. The van der Waals surface area contributed by atoms with E-state index in [-0.39, 0.29) is 5.91 Å². The van der Waals surface area contributed by atoms with Gasteiger partial charge in [0.2, 0.25) is 0 Å². The highest BCUT2D eigenvalue weighted by Gasteiger charge is 2.09. The predicted molar refractivity (Wildman–Crippen MR) is 104 cm³/mol. The Kier molecular flexibility index (Phi) is 5.98. The van der Waals surface area contributed by atoms with E-state index in [0.717, 1.165) is 23.5 Å². The summed E-state index contributed by atoms with van der Waals surface area (Å²) in [4.78, 5) is 21.2. The van der Waals surface area contributed by atoms with Gasteiger partial charge in [0.1, 0.15) is 5.82 Å². The van der Waals surface area contributed by atoms with E-state index in [1.165, 1.54) is 0 Å². The Labute approximate surface area is 158 Å². The normalized spacial score (nSPS) is 12.0. The number of hydrogen-bond donors (Lipinski definition) is 2. The van der Waals surface area contributed by atoms with Crippen molar-refractivity contribution in [3.8, 4) is 11.3 Å². The third-order valence-electron chi connectivity index (χ3n) is 4.38. The van der Waals surface area contributed by atoms with Crippen LogP contribution in [-0.2, 0) is 13.0 Å². The average molecular weight is 364 g/mol. The number of aliphatic hydroxyl groups excluding tert-OH is 1. The molecule has 2 heterocycles. The Balaban J connectivity index is 1.68. The van der Waals surface area contributed by atoms with Gasteiger partial charge in [0.05, 0.1) is 17.5 Å². The molecule has 6 nitrogen and oxygen atoms in total. The minimum atomic E-state index is -0.632. The zero-order valence-corrected chi connectivity index (χ0v) is 15.6. The molecule has 1 aromatic carbocycles. The third kappa shape index (κ3) is 4.60. The van der Waals surface area contributed by atoms with E-state index in [2.05, 4.69) is 22.2 Å². The van der Waals surface area contributed by atoms with Crippen molar-refractivity contribution in [1.29, 1.82) is 0 Å². The van der Waals surface area contributed by atoms with Crippen molar-refractivity contribution in [2.24, 2.45) is 0 Å². The van der Waals surface area contributed by atoms with Crippen LogP contribution in [0.5, 0.6) is 0 Å². The van der Waals surface area contributed by atoms with Gasteiger partial charge in [0.25, 0.3) is 5.91 Å². The molecule has 140 valence electrons. The molecule has 27 heavy (non-hydrogen) atoms. The number of amides is 1. The van der Waals surface area contributed by atoms with Crippen LogP contribution in [0.2, 0.25) is 0 Å². The second-order valence-electron chi connectivity index (χ2n) is 6.35. The molecule has 0 aliphatic heterocycles. The number of benzene rings is 1. The maximum absolute atomic E-state index is 12.5. The molecule has 0 fully saturated rings. The third-order valence-corrected chi connectivity index (χ3v) is 4.38. The van der Waals surface area contributed by atoms with Crippen LogP contribution < -0.4 is 5.32 Å². The van der Waals surface area contributed by atoms with Gasteiger partial charge in [0, 0.05) is 43.0 Å². The minimum absolute atomic E-state index is 0.123. The SMILES string of the molecule is CCc1nccn1CCNC(=O)c1cccc(-c2cccc([C@@H](C)O)n2)c1. The number of aryl methyl sites for hydroxylation is 1. The van der Waals surface area contributed by atoms with E-state index in [0.29, 0.717) is 24.3 Å². The molecule has 3 rings (SSSR count). The van der Waals surface area contributed by atoms with Crippen LogP contribution in [0.4, 0.5) is 0 Å². The Bertz CT molecular complexity index is 918. The molecule has 3 aromatic rings. The molecule has 0 aliphatic carbocycles. The van der Waals surface area contributed by atoms with Crippen LogP contribution in [0.25, 0.3) is 11.3 Å². The lowest BCUT2D eigenvalue weighted by Gasteiger charge is -2.10. The molecule has 1 amide bonds. The smallest absolute Gasteiger partial charge is 0.251 e. The molecular formula is C21H24N4O2. The molecule has 2 aromatic heterocycles. The van der Waals surface area contributed by atoms with E-state index >= 15 is 0 Å². The molecule has 2 N–H and O–H groups in total. The van der Waals surface area contributed by atoms with Gasteiger partial charge in [-0.05, 0) is 31.2 Å². The van der Waals surface area contributed by atoms with Crippen molar-refractivity contribution in [3.05, 3.63) is 71.9 Å². The van der Waals surface area contributed by atoms with Crippen LogP contribution in [0.3, 0.4) is 0 Å². The van der Waals surface area contributed by atoms with Gasteiger partial charge >= 0.3 is 0 Å².